The molecule has 2 atom stereocenters. The Bertz CT molecular complexity index is 251. The standard InChI is InChI=1S/C10H17N3O2/c14-9-2-1-7(5-12-9)10(15)13-8-3-4-11-6-8/h7-8,11H,1-6H2,(H,12,14)(H,13,15)/t7?,8-/m0/s1. The molecule has 5 nitrogen and oxygen atoms in total. The Morgan fingerprint density at radius 3 is 2.80 bits per heavy atom. The maximum atomic E-state index is 11.8. The number of amides is 2. The van der Waals surface area contributed by atoms with Gasteiger partial charge in [0.05, 0.1) is 5.92 Å². The van der Waals surface area contributed by atoms with E-state index in [1.807, 2.05) is 0 Å². The van der Waals surface area contributed by atoms with Gasteiger partial charge in [-0.2, -0.15) is 0 Å². The molecule has 2 saturated heterocycles. The molecule has 0 radical (unpaired) electrons. The molecular weight excluding hydrogens is 194 g/mol. The molecule has 3 N–H and O–H groups in total. The molecule has 2 rings (SSSR count). The molecule has 84 valence electrons. The fourth-order valence-corrected chi connectivity index (χ4v) is 2.05. The fourth-order valence-electron chi connectivity index (χ4n) is 2.05. The highest BCUT2D eigenvalue weighted by molar-refractivity contribution is 5.83. The minimum atomic E-state index is -0.0386. The molecule has 0 aromatic carbocycles. The Labute approximate surface area is 89.0 Å². The summed E-state index contributed by atoms with van der Waals surface area (Å²) in [7, 11) is 0. The van der Waals surface area contributed by atoms with E-state index in [1.165, 1.54) is 0 Å². The van der Waals surface area contributed by atoms with Crippen molar-refractivity contribution in [1.29, 1.82) is 0 Å². The van der Waals surface area contributed by atoms with Crippen molar-refractivity contribution in [2.75, 3.05) is 19.6 Å². The molecule has 0 saturated carbocycles. The quantitative estimate of drug-likeness (QED) is 0.548. The molecule has 2 fully saturated rings. The van der Waals surface area contributed by atoms with E-state index >= 15 is 0 Å². The van der Waals surface area contributed by atoms with Gasteiger partial charge in [-0.05, 0) is 19.4 Å². The van der Waals surface area contributed by atoms with Gasteiger partial charge in [-0.1, -0.05) is 0 Å². The lowest BCUT2D eigenvalue weighted by molar-refractivity contribution is -0.129. The number of nitrogens with one attached hydrogen (secondary N) is 3. The SMILES string of the molecule is O=C1CCC(C(=O)N[C@H]2CCNC2)CN1. The summed E-state index contributed by atoms with van der Waals surface area (Å²) in [6.45, 7) is 2.34. The zero-order valence-electron chi connectivity index (χ0n) is 8.71. The number of hydrogen-bond donors (Lipinski definition) is 3. The van der Waals surface area contributed by atoms with Crippen LogP contribution in [0.5, 0.6) is 0 Å². The summed E-state index contributed by atoms with van der Waals surface area (Å²) in [5, 5.41) is 8.94. The molecule has 2 heterocycles. The van der Waals surface area contributed by atoms with Crippen molar-refractivity contribution in [3.8, 4) is 0 Å². The highest BCUT2D eigenvalue weighted by Gasteiger charge is 2.26. The van der Waals surface area contributed by atoms with Gasteiger partial charge in [0, 0.05) is 25.6 Å². The molecule has 1 unspecified atom stereocenters. The zero-order chi connectivity index (χ0) is 10.7. The van der Waals surface area contributed by atoms with E-state index in [9.17, 15) is 9.59 Å². The van der Waals surface area contributed by atoms with E-state index in [1.54, 1.807) is 0 Å². The topological polar surface area (TPSA) is 70.2 Å². The van der Waals surface area contributed by atoms with Crippen LogP contribution >= 0.6 is 0 Å². The first-order valence-electron chi connectivity index (χ1n) is 5.53. The van der Waals surface area contributed by atoms with Gasteiger partial charge in [-0.15, -0.1) is 0 Å². The molecule has 0 aromatic heterocycles. The molecule has 5 heteroatoms. The van der Waals surface area contributed by atoms with Gasteiger partial charge in [0.1, 0.15) is 0 Å². The number of carbonyl (C=O) groups is 2. The van der Waals surface area contributed by atoms with Crippen molar-refractivity contribution in [2.24, 2.45) is 5.92 Å². The first kappa shape index (κ1) is 10.4. The fraction of sp³-hybridized carbons (Fsp3) is 0.800. The smallest absolute Gasteiger partial charge is 0.225 e. The third kappa shape index (κ3) is 2.68. The van der Waals surface area contributed by atoms with Crippen molar-refractivity contribution in [1.82, 2.24) is 16.0 Å². The van der Waals surface area contributed by atoms with Crippen molar-refractivity contribution >= 4 is 11.8 Å². The van der Waals surface area contributed by atoms with Crippen LogP contribution < -0.4 is 16.0 Å². The van der Waals surface area contributed by atoms with Crippen LogP contribution in [0.15, 0.2) is 0 Å². The normalized spacial score (nSPS) is 31.1. The monoisotopic (exact) mass is 211 g/mol. The first-order chi connectivity index (χ1) is 7.25. The molecule has 2 aliphatic heterocycles. The van der Waals surface area contributed by atoms with Crippen LogP contribution in [0, 0.1) is 5.92 Å². The van der Waals surface area contributed by atoms with Gasteiger partial charge >= 0.3 is 0 Å². The third-order valence-corrected chi connectivity index (χ3v) is 3.04. The highest BCUT2D eigenvalue weighted by atomic mass is 16.2. The van der Waals surface area contributed by atoms with E-state index in [0.29, 0.717) is 19.4 Å². The maximum Gasteiger partial charge on any atom is 0.225 e. The van der Waals surface area contributed by atoms with Gasteiger partial charge in [0.15, 0.2) is 0 Å². The second-order valence-corrected chi connectivity index (χ2v) is 4.24. The molecule has 0 aliphatic carbocycles. The van der Waals surface area contributed by atoms with Crippen molar-refractivity contribution < 1.29 is 9.59 Å². The van der Waals surface area contributed by atoms with E-state index in [-0.39, 0.29) is 23.8 Å². The lowest BCUT2D eigenvalue weighted by atomic mass is 9.98. The Kier molecular flexibility index (Phi) is 3.20. The molecular formula is C10H17N3O2. The Morgan fingerprint density at radius 1 is 1.33 bits per heavy atom. The number of hydrogen-bond acceptors (Lipinski definition) is 3. The van der Waals surface area contributed by atoms with Gasteiger partial charge < -0.3 is 16.0 Å². The van der Waals surface area contributed by atoms with Gasteiger partial charge in [0.2, 0.25) is 11.8 Å². The Morgan fingerprint density at radius 2 is 2.20 bits per heavy atom. The molecule has 0 bridgehead atoms. The molecule has 2 amide bonds. The lowest BCUT2D eigenvalue weighted by Gasteiger charge is -2.23. The van der Waals surface area contributed by atoms with E-state index < -0.39 is 0 Å². The molecule has 0 spiro atoms. The third-order valence-electron chi connectivity index (χ3n) is 3.04. The average molecular weight is 211 g/mol. The summed E-state index contributed by atoms with van der Waals surface area (Å²) >= 11 is 0. The summed E-state index contributed by atoms with van der Waals surface area (Å²) in [5.74, 6) is 0.105. The van der Waals surface area contributed by atoms with E-state index in [2.05, 4.69) is 16.0 Å². The number of piperidine rings is 1. The van der Waals surface area contributed by atoms with Gasteiger partial charge in [-0.25, -0.2) is 0 Å². The van der Waals surface area contributed by atoms with Crippen molar-refractivity contribution in [2.45, 2.75) is 25.3 Å². The molecule has 15 heavy (non-hydrogen) atoms. The van der Waals surface area contributed by atoms with Gasteiger partial charge in [0.25, 0.3) is 0 Å². The summed E-state index contributed by atoms with van der Waals surface area (Å²) in [6, 6.07) is 0.273. The van der Waals surface area contributed by atoms with Crippen LogP contribution in [-0.4, -0.2) is 37.5 Å². The second-order valence-electron chi connectivity index (χ2n) is 4.24. The van der Waals surface area contributed by atoms with E-state index in [0.717, 1.165) is 19.5 Å². The zero-order valence-corrected chi connectivity index (χ0v) is 8.71. The van der Waals surface area contributed by atoms with E-state index in [4.69, 9.17) is 0 Å². The number of rotatable bonds is 2. The largest absolute Gasteiger partial charge is 0.355 e. The minimum absolute atomic E-state index is 0.0386. The first-order valence-corrected chi connectivity index (χ1v) is 5.53. The van der Waals surface area contributed by atoms with Crippen LogP contribution in [0.1, 0.15) is 19.3 Å². The summed E-state index contributed by atoms with van der Waals surface area (Å²) < 4.78 is 0. The van der Waals surface area contributed by atoms with Crippen LogP contribution in [-0.2, 0) is 9.59 Å². The summed E-state index contributed by atoms with van der Waals surface area (Å²) in [6.07, 6.45) is 2.16. The van der Waals surface area contributed by atoms with Crippen molar-refractivity contribution in [3.05, 3.63) is 0 Å². The van der Waals surface area contributed by atoms with Crippen LogP contribution in [0.25, 0.3) is 0 Å². The van der Waals surface area contributed by atoms with Crippen molar-refractivity contribution in [3.63, 3.8) is 0 Å². The van der Waals surface area contributed by atoms with Gasteiger partial charge in [-0.3, -0.25) is 9.59 Å². The summed E-state index contributed by atoms with van der Waals surface area (Å²) in [4.78, 5) is 22.7. The highest BCUT2D eigenvalue weighted by Crippen LogP contribution is 2.11. The molecule has 2 aliphatic rings. The second kappa shape index (κ2) is 4.61. The Hall–Kier alpha value is -1.10. The lowest BCUT2D eigenvalue weighted by Crippen LogP contribution is -2.46. The minimum Gasteiger partial charge on any atom is -0.355 e. The summed E-state index contributed by atoms with van der Waals surface area (Å²) in [5.41, 5.74) is 0. The van der Waals surface area contributed by atoms with Crippen LogP contribution in [0.2, 0.25) is 0 Å². The number of carbonyl (C=O) groups excluding carboxylic acids is 2. The van der Waals surface area contributed by atoms with Crippen LogP contribution in [0.3, 0.4) is 0 Å². The molecule has 0 aromatic rings. The Balaban J connectivity index is 1.77. The predicted molar refractivity (Wildman–Crippen MR) is 55.2 cm³/mol. The average Bonchev–Trinajstić information content (AvgIpc) is 2.71. The maximum absolute atomic E-state index is 11.8. The van der Waals surface area contributed by atoms with Crippen LogP contribution in [0.4, 0.5) is 0 Å². The predicted octanol–water partition coefficient (Wildman–Crippen LogP) is -1.01.